The third-order valence-corrected chi connectivity index (χ3v) is 2.67. The molecule has 0 bridgehead atoms. The molecule has 0 saturated heterocycles. The number of carbonyl (C=O) groups is 1. The number of benzene rings is 1. The Labute approximate surface area is 89.4 Å². The van der Waals surface area contributed by atoms with Crippen LogP contribution in [0.5, 0.6) is 0 Å². The predicted octanol–water partition coefficient (Wildman–Crippen LogP) is 2.61. The van der Waals surface area contributed by atoms with Crippen LogP contribution < -0.4 is 0 Å². The number of halogens is 1. The third-order valence-electron chi connectivity index (χ3n) is 2.67. The topological polar surface area (TPSA) is 37.3 Å². The molecule has 14 heavy (non-hydrogen) atoms. The van der Waals surface area contributed by atoms with Gasteiger partial charge in [-0.1, -0.05) is 24.3 Å². The fourth-order valence-corrected chi connectivity index (χ4v) is 2.01. The zero-order valence-electron chi connectivity index (χ0n) is 7.77. The van der Waals surface area contributed by atoms with E-state index >= 15 is 0 Å². The fourth-order valence-electron chi connectivity index (χ4n) is 2.01. The highest BCUT2D eigenvalue weighted by Crippen LogP contribution is 2.31. The first-order valence-corrected chi connectivity index (χ1v) is 4.59. The Morgan fingerprint density at radius 3 is 2.79 bits per heavy atom. The summed E-state index contributed by atoms with van der Waals surface area (Å²) < 4.78 is 0. The van der Waals surface area contributed by atoms with Crippen molar-refractivity contribution >= 4 is 18.4 Å². The molecular weight excluding hydrogens is 200 g/mol. The molecule has 0 aromatic heterocycles. The van der Waals surface area contributed by atoms with Crippen LogP contribution in [0, 0.1) is 0 Å². The van der Waals surface area contributed by atoms with Crippen molar-refractivity contribution in [3.05, 3.63) is 35.4 Å². The van der Waals surface area contributed by atoms with E-state index in [1.165, 1.54) is 5.56 Å². The summed E-state index contributed by atoms with van der Waals surface area (Å²) in [6.45, 7) is 0. The molecule has 1 aliphatic rings. The van der Waals surface area contributed by atoms with Gasteiger partial charge in [-0.25, -0.2) is 0 Å². The van der Waals surface area contributed by atoms with E-state index in [-0.39, 0.29) is 18.3 Å². The van der Waals surface area contributed by atoms with Crippen molar-refractivity contribution in [2.75, 3.05) is 0 Å². The zero-order chi connectivity index (χ0) is 9.26. The lowest BCUT2D eigenvalue weighted by Crippen LogP contribution is -2.17. The SMILES string of the molecule is Cl.O=C(O)[C@H]1CCCc2ccccc21. The molecule has 2 nitrogen and oxygen atoms in total. The van der Waals surface area contributed by atoms with Gasteiger partial charge in [-0.2, -0.15) is 0 Å². The molecule has 2 rings (SSSR count). The van der Waals surface area contributed by atoms with E-state index in [0.29, 0.717) is 0 Å². The number of hydrogen-bond donors (Lipinski definition) is 1. The van der Waals surface area contributed by atoms with Crippen LogP contribution in [0.4, 0.5) is 0 Å². The smallest absolute Gasteiger partial charge is 0.310 e. The quantitative estimate of drug-likeness (QED) is 0.777. The summed E-state index contributed by atoms with van der Waals surface area (Å²) in [7, 11) is 0. The second-order valence-corrected chi connectivity index (χ2v) is 3.48. The Balaban J connectivity index is 0.000000980. The summed E-state index contributed by atoms with van der Waals surface area (Å²) in [6.07, 6.45) is 2.81. The van der Waals surface area contributed by atoms with Gasteiger partial charge < -0.3 is 5.11 Å². The minimum atomic E-state index is -0.688. The second kappa shape index (κ2) is 4.47. The molecule has 3 heteroatoms. The van der Waals surface area contributed by atoms with Gasteiger partial charge in [0.2, 0.25) is 0 Å². The van der Waals surface area contributed by atoms with E-state index in [1.807, 2.05) is 24.3 Å². The van der Waals surface area contributed by atoms with Crippen LogP contribution in [0.25, 0.3) is 0 Å². The molecule has 0 amide bonds. The fraction of sp³-hybridized carbons (Fsp3) is 0.364. The second-order valence-electron chi connectivity index (χ2n) is 3.48. The van der Waals surface area contributed by atoms with Crippen LogP contribution in [0.2, 0.25) is 0 Å². The number of rotatable bonds is 1. The van der Waals surface area contributed by atoms with Crippen molar-refractivity contribution in [1.82, 2.24) is 0 Å². The van der Waals surface area contributed by atoms with Gasteiger partial charge in [-0.05, 0) is 30.4 Å². The molecule has 1 aliphatic carbocycles. The van der Waals surface area contributed by atoms with E-state index in [4.69, 9.17) is 5.11 Å². The molecule has 1 N–H and O–H groups in total. The molecule has 1 aromatic rings. The molecule has 0 spiro atoms. The van der Waals surface area contributed by atoms with Gasteiger partial charge in [-0.15, -0.1) is 12.4 Å². The van der Waals surface area contributed by atoms with Crippen molar-refractivity contribution in [3.63, 3.8) is 0 Å². The maximum absolute atomic E-state index is 10.9. The Morgan fingerprint density at radius 1 is 1.36 bits per heavy atom. The Bertz CT molecular complexity index is 336. The number of hydrogen-bond acceptors (Lipinski definition) is 1. The van der Waals surface area contributed by atoms with Crippen molar-refractivity contribution in [2.24, 2.45) is 0 Å². The van der Waals surface area contributed by atoms with Crippen molar-refractivity contribution in [3.8, 4) is 0 Å². The molecule has 0 heterocycles. The summed E-state index contributed by atoms with van der Waals surface area (Å²) in [6, 6.07) is 7.86. The minimum absolute atomic E-state index is 0. The summed E-state index contributed by atoms with van der Waals surface area (Å²) in [5.74, 6) is -0.961. The maximum Gasteiger partial charge on any atom is 0.310 e. The van der Waals surface area contributed by atoms with Gasteiger partial charge in [0.05, 0.1) is 5.92 Å². The molecule has 0 aliphatic heterocycles. The summed E-state index contributed by atoms with van der Waals surface area (Å²) in [4.78, 5) is 10.9. The van der Waals surface area contributed by atoms with Crippen molar-refractivity contribution in [2.45, 2.75) is 25.2 Å². The number of carboxylic acid groups (broad SMARTS) is 1. The van der Waals surface area contributed by atoms with Crippen LogP contribution in [0.3, 0.4) is 0 Å². The van der Waals surface area contributed by atoms with E-state index in [0.717, 1.165) is 24.8 Å². The number of aryl methyl sites for hydroxylation is 1. The van der Waals surface area contributed by atoms with E-state index < -0.39 is 5.97 Å². The summed E-state index contributed by atoms with van der Waals surface area (Å²) in [5, 5.41) is 8.99. The minimum Gasteiger partial charge on any atom is -0.481 e. The number of fused-ring (bicyclic) bond motifs is 1. The standard InChI is InChI=1S/C11H12O2.ClH/c12-11(13)10-7-3-5-8-4-1-2-6-9(8)10;/h1-2,4,6,10H,3,5,7H2,(H,12,13);1H/t10-;/m0./s1. The van der Waals surface area contributed by atoms with Crippen LogP contribution in [0.15, 0.2) is 24.3 Å². The highest BCUT2D eigenvalue weighted by atomic mass is 35.5. The van der Waals surface area contributed by atoms with E-state index in [1.54, 1.807) is 0 Å². The molecular formula is C11H13ClO2. The van der Waals surface area contributed by atoms with Gasteiger partial charge in [0.1, 0.15) is 0 Å². The molecule has 0 unspecified atom stereocenters. The van der Waals surface area contributed by atoms with Gasteiger partial charge in [-0.3, -0.25) is 4.79 Å². The van der Waals surface area contributed by atoms with Gasteiger partial charge >= 0.3 is 5.97 Å². The van der Waals surface area contributed by atoms with Gasteiger partial charge in [0.25, 0.3) is 0 Å². The van der Waals surface area contributed by atoms with Crippen LogP contribution in [0.1, 0.15) is 29.9 Å². The first kappa shape index (κ1) is 11.1. The van der Waals surface area contributed by atoms with E-state index in [9.17, 15) is 4.79 Å². The van der Waals surface area contributed by atoms with Crippen LogP contribution >= 0.6 is 12.4 Å². The van der Waals surface area contributed by atoms with Crippen molar-refractivity contribution < 1.29 is 9.90 Å². The number of carboxylic acids is 1. The maximum atomic E-state index is 10.9. The van der Waals surface area contributed by atoms with Crippen LogP contribution in [-0.4, -0.2) is 11.1 Å². The molecule has 1 aromatic carbocycles. The molecule has 0 fully saturated rings. The Morgan fingerprint density at radius 2 is 2.07 bits per heavy atom. The first-order chi connectivity index (χ1) is 6.29. The lowest BCUT2D eigenvalue weighted by Gasteiger charge is -2.21. The predicted molar refractivity (Wildman–Crippen MR) is 57.0 cm³/mol. The third kappa shape index (κ3) is 1.90. The van der Waals surface area contributed by atoms with Gasteiger partial charge in [0.15, 0.2) is 0 Å². The lowest BCUT2D eigenvalue weighted by atomic mass is 9.83. The van der Waals surface area contributed by atoms with E-state index in [2.05, 4.69) is 0 Å². The highest BCUT2D eigenvalue weighted by molar-refractivity contribution is 5.85. The summed E-state index contributed by atoms with van der Waals surface area (Å²) in [5.41, 5.74) is 2.22. The van der Waals surface area contributed by atoms with Crippen LogP contribution in [-0.2, 0) is 11.2 Å². The first-order valence-electron chi connectivity index (χ1n) is 4.59. The molecule has 1 atom stereocenters. The molecule has 0 saturated carbocycles. The average molecular weight is 213 g/mol. The normalized spacial score (nSPS) is 19.3. The Kier molecular flexibility index (Phi) is 3.53. The Hall–Kier alpha value is -1.02. The summed E-state index contributed by atoms with van der Waals surface area (Å²) >= 11 is 0. The highest BCUT2D eigenvalue weighted by Gasteiger charge is 2.25. The number of aliphatic carboxylic acids is 1. The average Bonchev–Trinajstić information content (AvgIpc) is 2.17. The largest absolute Gasteiger partial charge is 0.481 e. The molecule has 76 valence electrons. The monoisotopic (exact) mass is 212 g/mol. The molecule has 0 radical (unpaired) electrons. The lowest BCUT2D eigenvalue weighted by molar-refractivity contribution is -0.139. The van der Waals surface area contributed by atoms with Crippen molar-refractivity contribution in [1.29, 1.82) is 0 Å². The zero-order valence-corrected chi connectivity index (χ0v) is 8.59. The van der Waals surface area contributed by atoms with Gasteiger partial charge in [0, 0.05) is 0 Å².